The van der Waals surface area contributed by atoms with E-state index in [0.717, 1.165) is 0 Å². The van der Waals surface area contributed by atoms with Crippen LogP contribution >= 0.6 is 0 Å². The average molecular weight is 233 g/mol. The second kappa shape index (κ2) is 3.82. The number of rotatable bonds is 1. The molecule has 2 saturated heterocycles. The van der Waals surface area contributed by atoms with Gasteiger partial charge in [-0.1, -0.05) is 0 Å². The molecule has 0 aromatic heterocycles. The smallest absolute Gasteiger partial charge is 0.402 e. The Morgan fingerprint density at radius 2 is 1.94 bits per heavy atom. The quantitative estimate of drug-likeness (QED) is 0.641. The molecule has 0 saturated carbocycles. The van der Waals surface area contributed by atoms with E-state index in [9.17, 15) is 4.79 Å². The number of Topliss-reactive ketones (excluding diaryl/α,β-unsaturated/α-hetero) is 1. The fourth-order valence-corrected chi connectivity index (χ4v) is 1.35. The van der Waals surface area contributed by atoms with Crippen molar-refractivity contribution in [3.05, 3.63) is 0 Å². The molecule has 0 radical (unpaired) electrons. The summed E-state index contributed by atoms with van der Waals surface area (Å²) >= 11 is 0. The van der Waals surface area contributed by atoms with Crippen LogP contribution in [0, 0.1) is 0 Å². The normalized spacial score (nSPS) is 53.6. The Balaban J connectivity index is 2.51. The van der Waals surface area contributed by atoms with Crippen LogP contribution in [0.5, 0.6) is 0 Å². The lowest BCUT2D eigenvalue weighted by atomic mass is 9.76. The van der Waals surface area contributed by atoms with Gasteiger partial charge in [-0.05, 0) is 27.7 Å². The molecular formula is C11H19BO4. The molecular weight excluding hydrogens is 207 g/mol. The lowest BCUT2D eigenvalue weighted by molar-refractivity contribution is -0.126. The van der Waals surface area contributed by atoms with Crippen molar-refractivity contribution in [3.63, 3.8) is 0 Å². The Morgan fingerprint density at radius 1 is 1.38 bits per heavy atom. The summed E-state index contributed by atoms with van der Waals surface area (Å²) < 4.78 is 70.1. The highest BCUT2D eigenvalue weighted by atomic mass is 16.7. The number of carbonyl (C=O) groups excluding carboxylic acids is 1. The van der Waals surface area contributed by atoms with Crippen molar-refractivity contribution < 1.29 is 28.4 Å². The molecule has 16 heavy (non-hydrogen) atoms. The minimum absolute atomic E-state index is 0.961. The first-order chi connectivity index (χ1) is 9.92. The van der Waals surface area contributed by atoms with Gasteiger partial charge in [-0.2, -0.15) is 0 Å². The minimum Gasteiger partial charge on any atom is -0.402 e. The number of hydrogen-bond acceptors (Lipinski definition) is 4. The Hall–Kier alpha value is -0.385. The summed E-state index contributed by atoms with van der Waals surface area (Å²) in [5.74, 6) is -4.62. The third-order valence-corrected chi connectivity index (χ3v) is 3.03. The Morgan fingerprint density at radius 3 is 2.50 bits per heavy atom. The molecule has 4 nitrogen and oxygen atoms in total. The molecule has 0 bridgehead atoms. The van der Waals surface area contributed by atoms with Gasteiger partial charge in [-0.15, -0.1) is 0 Å². The molecule has 2 aliphatic heterocycles. The van der Waals surface area contributed by atoms with Crippen molar-refractivity contribution >= 4 is 12.9 Å². The molecule has 0 N–H and O–H groups in total. The molecule has 1 unspecified atom stereocenters. The van der Waals surface area contributed by atoms with Gasteiger partial charge in [0.15, 0.2) is 0 Å². The molecule has 2 fully saturated rings. The minimum atomic E-state index is -3.25. The molecule has 0 aromatic carbocycles. The first-order valence-electron chi connectivity index (χ1n) is 8.53. The highest BCUT2D eigenvalue weighted by molar-refractivity contribution is 6.47. The topological polar surface area (TPSA) is 44.8 Å². The van der Waals surface area contributed by atoms with E-state index in [1.807, 2.05) is 0 Å². The largest absolute Gasteiger partial charge is 0.489 e. The van der Waals surface area contributed by atoms with E-state index >= 15 is 0 Å². The summed E-state index contributed by atoms with van der Waals surface area (Å²) in [7, 11) is -1.71. The average Bonchev–Trinajstić information content (AvgIpc) is 2.55. The standard InChI is InChI=1S/C11H19BO4/c1-10(2)11(3,4)16-12(15-10)9-7-8(13)5-6-14-9/h9H,5-7H2,1-4H3/i5D2,6D2,7D2,9D. The van der Waals surface area contributed by atoms with Gasteiger partial charge in [0.05, 0.1) is 27.9 Å². The molecule has 0 amide bonds. The van der Waals surface area contributed by atoms with Crippen molar-refractivity contribution in [2.24, 2.45) is 0 Å². The van der Waals surface area contributed by atoms with Crippen molar-refractivity contribution in [1.82, 2.24) is 0 Å². The lowest BCUT2D eigenvalue weighted by Gasteiger charge is -2.32. The number of hydrogen-bond donors (Lipinski definition) is 0. The molecule has 2 heterocycles. The van der Waals surface area contributed by atoms with E-state index in [-0.39, 0.29) is 0 Å². The predicted octanol–water partition coefficient (Wildman–Crippen LogP) is 1.37. The van der Waals surface area contributed by atoms with Gasteiger partial charge in [-0.25, -0.2) is 0 Å². The lowest BCUT2D eigenvalue weighted by Crippen LogP contribution is -2.41. The van der Waals surface area contributed by atoms with Crippen molar-refractivity contribution in [2.45, 2.75) is 57.6 Å². The maximum absolute atomic E-state index is 12.2. The molecule has 2 aliphatic rings. The zero-order chi connectivity index (χ0) is 18.3. The first kappa shape index (κ1) is 5.98. The van der Waals surface area contributed by atoms with E-state index in [1.54, 1.807) is 27.7 Å². The van der Waals surface area contributed by atoms with Crippen LogP contribution < -0.4 is 0 Å². The second-order valence-corrected chi connectivity index (χ2v) is 4.74. The van der Waals surface area contributed by atoms with Gasteiger partial charge >= 0.3 is 7.12 Å². The van der Waals surface area contributed by atoms with E-state index in [1.165, 1.54) is 0 Å². The van der Waals surface area contributed by atoms with E-state index in [2.05, 4.69) is 0 Å². The summed E-state index contributed by atoms with van der Waals surface area (Å²) in [5.41, 5.74) is -1.92. The number of carbonyl (C=O) groups is 1. The van der Waals surface area contributed by atoms with E-state index < -0.39 is 49.4 Å². The molecule has 0 aliphatic carbocycles. The van der Waals surface area contributed by atoms with Gasteiger partial charge in [0.25, 0.3) is 0 Å². The highest BCUT2D eigenvalue weighted by Crippen LogP contribution is 2.38. The summed E-state index contributed by atoms with van der Waals surface area (Å²) in [6, 6.07) is 0. The Bertz CT molecular complexity index is 534. The predicted molar refractivity (Wildman–Crippen MR) is 60.1 cm³/mol. The van der Waals surface area contributed by atoms with Crippen LogP contribution in [0.15, 0.2) is 0 Å². The van der Waals surface area contributed by atoms with Crippen LogP contribution in [0.3, 0.4) is 0 Å². The van der Waals surface area contributed by atoms with Gasteiger partial charge in [0.1, 0.15) is 5.78 Å². The van der Waals surface area contributed by atoms with Crippen LogP contribution in [-0.2, 0) is 18.8 Å². The van der Waals surface area contributed by atoms with Crippen LogP contribution in [0.25, 0.3) is 0 Å². The fourth-order valence-electron chi connectivity index (χ4n) is 1.35. The van der Waals surface area contributed by atoms with Crippen LogP contribution in [-0.4, -0.2) is 36.6 Å². The number of ether oxygens (including phenoxy) is 1. The van der Waals surface area contributed by atoms with Crippen LogP contribution in [0.1, 0.15) is 50.0 Å². The summed E-state index contributed by atoms with van der Waals surface area (Å²) in [5, 5.41) is 0. The maximum Gasteiger partial charge on any atom is 0.489 e. The molecule has 0 aromatic rings. The van der Waals surface area contributed by atoms with Crippen molar-refractivity contribution in [3.8, 4) is 0 Å². The number of ketones is 1. The van der Waals surface area contributed by atoms with Gasteiger partial charge < -0.3 is 14.0 Å². The summed E-state index contributed by atoms with van der Waals surface area (Å²) in [4.78, 5) is 12.2. The van der Waals surface area contributed by atoms with Crippen LogP contribution in [0.2, 0.25) is 0 Å². The zero-order valence-electron chi connectivity index (χ0n) is 16.7. The molecule has 5 heteroatoms. The molecule has 1 atom stereocenters. The first-order valence-corrected chi connectivity index (χ1v) is 5.03. The SMILES string of the molecule is [2H]C1([2H])OC([2H])(B2OC(C)(C)C(C)(C)O2)C([2H])([2H])C(=O)C1([2H])[2H]. The fraction of sp³-hybridized carbons (Fsp3) is 0.909. The second-order valence-electron chi connectivity index (χ2n) is 4.74. The Kier molecular flexibility index (Phi) is 1.43. The maximum atomic E-state index is 12.2. The summed E-state index contributed by atoms with van der Waals surface area (Å²) in [6.07, 6.45) is -6.42. The zero-order valence-corrected chi connectivity index (χ0v) is 9.71. The van der Waals surface area contributed by atoms with Gasteiger partial charge in [0, 0.05) is 18.2 Å². The van der Waals surface area contributed by atoms with Crippen molar-refractivity contribution in [2.75, 3.05) is 6.56 Å². The molecule has 2 rings (SSSR count). The summed E-state index contributed by atoms with van der Waals surface area (Å²) in [6.45, 7) is 3.37. The van der Waals surface area contributed by atoms with Crippen LogP contribution in [0.4, 0.5) is 0 Å². The van der Waals surface area contributed by atoms with Gasteiger partial charge in [0.2, 0.25) is 0 Å². The van der Waals surface area contributed by atoms with E-state index in [0.29, 0.717) is 0 Å². The highest BCUT2D eigenvalue weighted by Gasteiger charge is 2.54. The van der Waals surface area contributed by atoms with Gasteiger partial charge in [-0.3, -0.25) is 4.79 Å². The third-order valence-electron chi connectivity index (χ3n) is 3.03. The third kappa shape index (κ3) is 2.04. The monoisotopic (exact) mass is 233 g/mol. The molecule has 0 spiro atoms. The van der Waals surface area contributed by atoms with E-state index in [4.69, 9.17) is 23.6 Å². The van der Waals surface area contributed by atoms with Crippen molar-refractivity contribution in [1.29, 1.82) is 0 Å². The Labute approximate surface area is 107 Å². The molecule has 90 valence electrons.